The number of carboxylic acids is 1. The lowest BCUT2D eigenvalue weighted by Gasteiger charge is -2.06. The molecule has 2 aromatic rings. The smallest absolute Gasteiger partial charge is 0.335 e. The Balaban J connectivity index is 2.17. The van der Waals surface area contributed by atoms with Gasteiger partial charge in [-0.2, -0.15) is 0 Å². The van der Waals surface area contributed by atoms with Crippen LogP contribution in [0.5, 0.6) is 0 Å². The van der Waals surface area contributed by atoms with Crippen molar-refractivity contribution < 1.29 is 18.7 Å². The van der Waals surface area contributed by atoms with Crippen LogP contribution < -0.4 is 0 Å². The maximum atomic E-state index is 13.5. The van der Waals surface area contributed by atoms with Gasteiger partial charge in [0.1, 0.15) is 11.6 Å². The lowest BCUT2D eigenvalue weighted by Crippen LogP contribution is -1.99. The molecule has 2 rings (SSSR count). The first-order valence-corrected chi connectivity index (χ1v) is 6.86. The van der Waals surface area contributed by atoms with E-state index in [-0.39, 0.29) is 16.9 Å². The van der Waals surface area contributed by atoms with Crippen molar-refractivity contribution in [1.82, 2.24) is 0 Å². The second kappa shape index (κ2) is 6.05. The molecule has 0 unspecified atom stereocenters. The number of hydrogen-bond acceptors (Lipinski definition) is 2. The Morgan fingerprint density at radius 2 is 1.95 bits per heavy atom. The SMILES string of the molecule is Cc1ccc(SCc2cc(F)ccc2F)cc1C(=O)O. The lowest BCUT2D eigenvalue weighted by molar-refractivity contribution is 0.0696. The molecule has 0 aliphatic heterocycles. The summed E-state index contributed by atoms with van der Waals surface area (Å²) in [6, 6.07) is 8.31. The van der Waals surface area contributed by atoms with E-state index < -0.39 is 17.6 Å². The highest BCUT2D eigenvalue weighted by molar-refractivity contribution is 7.98. The molecular formula is C15H12F2O2S. The van der Waals surface area contributed by atoms with Gasteiger partial charge in [0.2, 0.25) is 0 Å². The van der Waals surface area contributed by atoms with Gasteiger partial charge in [0.25, 0.3) is 0 Å². The van der Waals surface area contributed by atoms with Crippen LogP contribution in [0.2, 0.25) is 0 Å². The van der Waals surface area contributed by atoms with E-state index in [9.17, 15) is 13.6 Å². The Labute approximate surface area is 119 Å². The predicted molar refractivity (Wildman–Crippen MR) is 74.1 cm³/mol. The molecule has 0 saturated carbocycles. The van der Waals surface area contributed by atoms with Crippen molar-refractivity contribution in [2.45, 2.75) is 17.6 Å². The van der Waals surface area contributed by atoms with Gasteiger partial charge in [0.15, 0.2) is 0 Å². The highest BCUT2D eigenvalue weighted by atomic mass is 32.2. The number of aromatic carboxylic acids is 1. The summed E-state index contributed by atoms with van der Waals surface area (Å²) < 4.78 is 26.5. The molecule has 2 nitrogen and oxygen atoms in total. The van der Waals surface area contributed by atoms with Crippen LogP contribution in [0.25, 0.3) is 0 Å². The average molecular weight is 294 g/mol. The summed E-state index contributed by atoms with van der Waals surface area (Å²) in [5, 5.41) is 9.04. The molecule has 0 atom stereocenters. The van der Waals surface area contributed by atoms with Crippen LogP contribution >= 0.6 is 11.8 Å². The topological polar surface area (TPSA) is 37.3 Å². The summed E-state index contributed by atoms with van der Waals surface area (Å²) in [7, 11) is 0. The van der Waals surface area contributed by atoms with Gasteiger partial charge in [-0.25, -0.2) is 13.6 Å². The quantitative estimate of drug-likeness (QED) is 0.856. The predicted octanol–water partition coefficient (Wildman–Crippen LogP) is 4.26. The molecule has 20 heavy (non-hydrogen) atoms. The summed E-state index contributed by atoms with van der Waals surface area (Å²) in [6.07, 6.45) is 0. The van der Waals surface area contributed by atoms with E-state index >= 15 is 0 Å². The minimum atomic E-state index is -0.998. The Morgan fingerprint density at radius 1 is 1.20 bits per heavy atom. The average Bonchev–Trinajstić information content (AvgIpc) is 2.41. The molecule has 0 saturated heterocycles. The number of hydrogen-bond donors (Lipinski definition) is 1. The lowest BCUT2D eigenvalue weighted by atomic mass is 10.1. The van der Waals surface area contributed by atoms with Crippen LogP contribution in [0.3, 0.4) is 0 Å². The monoisotopic (exact) mass is 294 g/mol. The summed E-state index contributed by atoms with van der Waals surface area (Å²) in [6.45, 7) is 1.71. The van der Waals surface area contributed by atoms with Crippen molar-refractivity contribution in [3.8, 4) is 0 Å². The van der Waals surface area contributed by atoms with Gasteiger partial charge in [-0.3, -0.25) is 0 Å². The third kappa shape index (κ3) is 3.36. The molecule has 0 aliphatic carbocycles. The standard InChI is InChI=1S/C15H12F2O2S/c1-9-2-4-12(7-13(9)15(18)19)20-8-10-6-11(16)3-5-14(10)17/h2-7H,8H2,1H3,(H,18,19). The maximum absolute atomic E-state index is 13.5. The second-order valence-electron chi connectivity index (χ2n) is 4.31. The number of carbonyl (C=O) groups is 1. The molecule has 2 aromatic carbocycles. The zero-order valence-corrected chi connectivity index (χ0v) is 11.5. The van der Waals surface area contributed by atoms with Crippen molar-refractivity contribution in [1.29, 1.82) is 0 Å². The number of halogens is 2. The van der Waals surface area contributed by atoms with E-state index in [1.54, 1.807) is 25.1 Å². The van der Waals surface area contributed by atoms with Crippen LogP contribution in [0.1, 0.15) is 21.5 Å². The van der Waals surface area contributed by atoms with E-state index in [1.807, 2.05) is 0 Å². The summed E-state index contributed by atoms with van der Waals surface area (Å²) in [4.78, 5) is 11.7. The molecule has 5 heteroatoms. The normalized spacial score (nSPS) is 10.6. The van der Waals surface area contributed by atoms with Crippen LogP contribution in [0.4, 0.5) is 8.78 Å². The molecule has 0 radical (unpaired) electrons. The first-order valence-electron chi connectivity index (χ1n) is 5.88. The van der Waals surface area contributed by atoms with Crippen molar-refractivity contribution >= 4 is 17.7 Å². The van der Waals surface area contributed by atoms with E-state index in [2.05, 4.69) is 0 Å². The number of thioether (sulfide) groups is 1. The molecule has 0 aliphatic rings. The summed E-state index contributed by atoms with van der Waals surface area (Å²) in [5.74, 6) is -1.71. The molecule has 0 heterocycles. The minimum absolute atomic E-state index is 0.217. The first kappa shape index (κ1) is 14.5. The molecule has 0 fully saturated rings. The number of aryl methyl sites for hydroxylation is 1. The third-order valence-corrected chi connectivity index (χ3v) is 3.88. The molecule has 0 bridgehead atoms. The van der Waals surface area contributed by atoms with Gasteiger partial charge < -0.3 is 5.11 Å². The summed E-state index contributed by atoms with van der Waals surface area (Å²) >= 11 is 1.27. The zero-order valence-electron chi connectivity index (χ0n) is 10.7. The van der Waals surface area contributed by atoms with Crippen LogP contribution in [-0.2, 0) is 5.75 Å². The molecule has 0 spiro atoms. The largest absolute Gasteiger partial charge is 0.478 e. The van der Waals surface area contributed by atoms with Gasteiger partial charge in [0, 0.05) is 16.2 Å². The van der Waals surface area contributed by atoms with Crippen molar-refractivity contribution in [2.24, 2.45) is 0 Å². The molecule has 0 amide bonds. The molecule has 1 N–H and O–H groups in total. The highest BCUT2D eigenvalue weighted by Gasteiger charge is 2.09. The van der Waals surface area contributed by atoms with Crippen molar-refractivity contribution in [2.75, 3.05) is 0 Å². The maximum Gasteiger partial charge on any atom is 0.335 e. The van der Waals surface area contributed by atoms with Crippen molar-refractivity contribution in [3.05, 3.63) is 64.7 Å². The molecule has 0 aromatic heterocycles. The van der Waals surface area contributed by atoms with E-state index in [0.29, 0.717) is 10.5 Å². The van der Waals surface area contributed by atoms with Gasteiger partial charge >= 0.3 is 5.97 Å². The molecule has 104 valence electrons. The molecular weight excluding hydrogens is 282 g/mol. The van der Waals surface area contributed by atoms with Crippen LogP contribution in [0.15, 0.2) is 41.3 Å². The zero-order chi connectivity index (χ0) is 14.7. The number of carboxylic acid groups (broad SMARTS) is 1. The van der Waals surface area contributed by atoms with E-state index in [1.165, 1.54) is 11.8 Å². The Kier molecular flexibility index (Phi) is 4.39. The second-order valence-corrected chi connectivity index (χ2v) is 5.36. The van der Waals surface area contributed by atoms with Gasteiger partial charge in [-0.15, -0.1) is 11.8 Å². The van der Waals surface area contributed by atoms with E-state index in [0.717, 1.165) is 18.2 Å². The number of rotatable bonds is 4. The fraction of sp³-hybridized carbons (Fsp3) is 0.133. The third-order valence-electron chi connectivity index (χ3n) is 2.84. The Morgan fingerprint density at radius 3 is 2.65 bits per heavy atom. The Bertz CT molecular complexity index is 656. The number of benzene rings is 2. The minimum Gasteiger partial charge on any atom is -0.478 e. The van der Waals surface area contributed by atoms with Gasteiger partial charge in [-0.1, -0.05) is 6.07 Å². The van der Waals surface area contributed by atoms with Gasteiger partial charge in [0.05, 0.1) is 5.56 Å². The fourth-order valence-corrected chi connectivity index (χ4v) is 2.65. The van der Waals surface area contributed by atoms with Crippen LogP contribution in [-0.4, -0.2) is 11.1 Å². The van der Waals surface area contributed by atoms with Crippen molar-refractivity contribution in [3.63, 3.8) is 0 Å². The van der Waals surface area contributed by atoms with Gasteiger partial charge in [-0.05, 0) is 42.8 Å². The fourth-order valence-electron chi connectivity index (χ4n) is 1.74. The highest BCUT2D eigenvalue weighted by Crippen LogP contribution is 2.26. The van der Waals surface area contributed by atoms with Crippen LogP contribution in [0, 0.1) is 18.6 Å². The van der Waals surface area contributed by atoms with E-state index in [4.69, 9.17) is 5.11 Å². The summed E-state index contributed by atoms with van der Waals surface area (Å²) in [5.41, 5.74) is 1.14. The Hall–Kier alpha value is -1.88. The first-order chi connectivity index (χ1) is 9.47.